The Hall–Kier alpha value is -1.91. The molecular formula is C15H15N3S. The van der Waals surface area contributed by atoms with Gasteiger partial charge in [-0.05, 0) is 11.4 Å². The topological polar surface area (TPSA) is 43.8 Å². The van der Waals surface area contributed by atoms with Crippen molar-refractivity contribution in [3.8, 4) is 11.4 Å². The molecule has 0 saturated heterocycles. The largest absolute Gasteiger partial charge is 0.328 e. The molecule has 0 aliphatic rings. The maximum absolute atomic E-state index is 5.96. The van der Waals surface area contributed by atoms with Crippen LogP contribution < -0.4 is 5.73 Å². The smallest absolute Gasteiger partial charge is 0.140 e. The third-order valence-electron chi connectivity index (χ3n) is 3.13. The van der Waals surface area contributed by atoms with Crippen LogP contribution in [0.25, 0.3) is 11.4 Å². The Morgan fingerprint density at radius 1 is 1.16 bits per heavy atom. The summed E-state index contributed by atoms with van der Waals surface area (Å²) in [6.07, 6.45) is 3.83. The highest BCUT2D eigenvalue weighted by atomic mass is 32.1. The van der Waals surface area contributed by atoms with E-state index in [1.807, 2.05) is 30.6 Å². The average molecular weight is 269 g/mol. The highest BCUT2D eigenvalue weighted by Gasteiger charge is 2.16. The van der Waals surface area contributed by atoms with Gasteiger partial charge in [0.15, 0.2) is 0 Å². The highest BCUT2D eigenvalue weighted by molar-refractivity contribution is 7.10. The molecule has 96 valence electrons. The maximum Gasteiger partial charge on any atom is 0.140 e. The summed E-state index contributed by atoms with van der Waals surface area (Å²) in [7, 11) is 0. The number of aromatic nitrogens is 2. The van der Waals surface area contributed by atoms with E-state index in [1.54, 1.807) is 11.3 Å². The summed E-state index contributed by atoms with van der Waals surface area (Å²) in [5, 5.41) is 2.08. The van der Waals surface area contributed by atoms with E-state index in [0.29, 0.717) is 6.54 Å². The Labute approximate surface area is 116 Å². The highest BCUT2D eigenvalue weighted by Crippen LogP contribution is 2.27. The third kappa shape index (κ3) is 2.32. The molecule has 0 radical (unpaired) electrons. The van der Waals surface area contributed by atoms with Crippen molar-refractivity contribution < 1.29 is 0 Å². The SMILES string of the molecule is NCC(c1cccs1)n1ccnc1-c1ccccc1. The first-order chi connectivity index (χ1) is 9.40. The van der Waals surface area contributed by atoms with Gasteiger partial charge in [0.05, 0.1) is 6.04 Å². The van der Waals surface area contributed by atoms with Crippen molar-refractivity contribution in [1.29, 1.82) is 0 Å². The molecule has 1 aromatic carbocycles. The van der Waals surface area contributed by atoms with Crippen LogP contribution in [0, 0.1) is 0 Å². The lowest BCUT2D eigenvalue weighted by Crippen LogP contribution is -2.19. The molecule has 0 aliphatic heterocycles. The van der Waals surface area contributed by atoms with Crippen LogP contribution in [0.2, 0.25) is 0 Å². The average Bonchev–Trinajstić information content (AvgIpc) is 3.12. The molecule has 0 fully saturated rings. The first-order valence-corrected chi connectivity index (χ1v) is 7.10. The van der Waals surface area contributed by atoms with Gasteiger partial charge in [-0.2, -0.15) is 0 Å². The zero-order valence-electron chi connectivity index (χ0n) is 10.4. The maximum atomic E-state index is 5.96. The standard InChI is InChI=1S/C15H15N3S/c16-11-13(14-7-4-10-19-14)18-9-8-17-15(18)12-5-2-1-3-6-12/h1-10,13H,11,16H2. The summed E-state index contributed by atoms with van der Waals surface area (Å²) in [5.41, 5.74) is 7.07. The molecule has 3 nitrogen and oxygen atoms in total. The zero-order chi connectivity index (χ0) is 13.1. The molecule has 3 rings (SSSR count). The lowest BCUT2D eigenvalue weighted by Gasteiger charge is -2.18. The predicted molar refractivity (Wildman–Crippen MR) is 79.2 cm³/mol. The van der Waals surface area contributed by atoms with Crippen molar-refractivity contribution in [3.05, 3.63) is 65.1 Å². The Kier molecular flexibility index (Phi) is 3.44. The van der Waals surface area contributed by atoms with E-state index in [9.17, 15) is 0 Å². The van der Waals surface area contributed by atoms with E-state index in [4.69, 9.17) is 5.73 Å². The summed E-state index contributed by atoms with van der Waals surface area (Å²) in [4.78, 5) is 5.74. The molecule has 3 aromatic rings. The number of imidazole rings is 1. The number of benzene rings is 1. The van der Waals surface area contributed by atoms with Crippen LogP contribution in [0.15, 0.2) is 60.2 Å². The molecule has 0 aliphatic carbocycles. The van der Waals surface area contributed by atoms with Gasteiger partial charge in [-0.1, -0.05) is 36.4 Å². The first-order valence-electron chi connectivity index (χ1n) is 6.22. The summed E-state index contributed by atoms with van der Waals surface area (Å²) in [6.45, 7) is 0.566. The van der Waals surface area contributed by atoms with Crippen molar-refractivity contribution in [3.63, 3.8) is 0 Å². The minimum atomic E-state index is 0.151. The fraction of sp³-hybridized carbons (Fsp3) is 0.133. The van der Waals surface area contributed by atoms with Gasteiger partial charge in [0.1, 0.15) is 5.82 Å². The number of hydrogen-bond acceptors (Lipinski definition) is 3. The molecule has 2 aromatic heterocycles. The van der Waals surface area contributed by atoms with Crippen molar-refractivity contribution in [2.75, 3.05) is 6.54 Å². The Morgan fingerprint density at radius 3 is 2.68 bits per heavy atom. The van der Waals surface area contributed by atoms with Gasteiger partial charge in [-0.15, -0.1) is 11.3 Å². The molecular weight excluding hydrogens is 254 g/mol. The fourth-order valence-corrected chi connectivity index (χ4v) is 3.06. The summed E-state index contributed by atoms with van der Waals surface area (Å²) < 4.78 is 2.15. The minimum absolute atomic E-state index is 0.151. The molecule has 2 N–H and O–H groups in total. The van der Waals surface area contributed by atoms with Crippen molar-refractivity contribution in [2.24, 2.45) is 5.73 Å². The normalized spacial score (nSPS) is 12.5. The van der Waals surface area contributed by atoms with Gasteiger partial charge in [0.25, 0.3) is 0 Å². The summed E-state index contributed by atoms with van der Waals surface area (Å²) in [5.74, 6) is 0.962. The van der Waals surface area contributed by atoms with Gasteiger partial charge < -0.3 is 10.3 Å². The molecule has 0 amide bonds. The summed E-state index contributed by atoms with van der Waals surface area (Å²) >= 11 is 1.73. The van der Waals surface area contributed by atoms with E-state index in [2.05, 4.69) is 39.2 Å². The number of nitrogens with zero attached hydrogens (tertiary/aromatic N) is 2. The van der Waals surface area contributed by atoms with E-state index in [1.165, 1.54) is 4.88 Å². The first kappa shape index (κ1) is 12.1. The van der Waals surface area contributed by atoms with Crippen LogP contribution in [0.4, 0.5) is 0 Å². The quantitative estimate of drug-likeness (QED) is 0.790. The van der Waals surface area contributed by atoms with Gasteiger partial charge in [-0.3, -0.25) is 0 Å². The Morgan fingerprint density at radius 2 is 2.00 bits per heavy atom. The lowest BCUT2D eigenvalue weighted by molar-refractivity contribution is 0.610. The van der Waals surface area contributed by atoms with Gasteiger partial charge in [0, 0.05) is 29.4 Å². The number of thiophene rings is 1. The zero-order valence-corrected chi connectivity index (χ0v) is 11.3. The molecule has 1 unspecified atom stereocenters. The number of nitrogens with two attached hydrogens (primary N) is 1. The molecule has 0 saturated carbocycles. The van der Waals surface area contributed by atoms with Crippen molar-refractivity contribution in [1.82, 2.24) is 9.55 Å². The second kappa shape index (κ2) is 5.38. The van der Waals surface area contributed by atoms with Crippen LogP contribution in [0.5, 0.6) is 0 Å². The monoisotopic (exact) mass is 269 g/mol. The molecule has 4 heteroatoms. The van der Waals surface area contributed by atoms with Crippen LogP contribution in [0.3, 0.4) is 0 Å². The molecule has 0 bridgehead atoms. The fourth-order valence-electron chi connectivity index (χ4n) is 2.22. The van der Waals surface area contributed by atoms with Crippen molar-refractivity contribution >= 4 is 11.3 Å². The Balaban J connectivity index is 2.04. The van der Waals surface area contributed by atoms with Crippen LogP contribution in [-0.4, -0.2) is 16.1 Å². The van der Waals surface area contributed by atoms with Crippen LogP contribution in [0.1, 0.15) is 10.9 Å². The molecule has 1 atom stereocenters. The number of rotatable bonds is 4. The van der Waals surface area contributed by atoms with E-state index in [-0.39, 0.29) is 6.04 Å². The van der Waals surface area contributed by atoms with Gasteiger partial charge in [0.2, 0.25) is 0 Å². The van der Waals surface area contributed by atoms with Crippen LogP contribution in [-0.2, 0) is 0 Å². The second-order valence-electron chi connectivity index (χ2n) is 4.29. The van der Waals surface area contributed by atoms with Crippen LogP contribution >= 0.6 is 11.3 Å². The molecule has 0 spiro atoms. The van der Waals surface area contributed by atoms with E-state index >= 15 is 0 Å². The summed E-state index contributed by atoms with van der Waals surface area (Å²) in [6, 6.07) is 14.5. The molecule has 19 heavy (non-hydrogen) atoms. The number of hydrogen-bond donors (Lipinski definition) is 1. The third-order valence-corrected chi connectivity index (χ3v) is 4.10. The van der Waals surface area contributed by atoms with Crippen molar-refractivity contribution in [2.45, 2.75) is 6.04 Å². The lowest BCUT2D eigenvalue weighted by atomic mass is 10.2. The van der Waals surface area contributed by atoms with Gasteiger partial charge >= 0.3 is 0 Å². The minimum Gasteiger partial charge on any atom is -0.328 e. The van der Waals surface area contributed by atoms with Gasteiger partial charge in [-0.25, -0.2) is 4.98 Å². The Bertz CT molecular complexity index is 628. The second-order valence-corrected chi connectivity index (χ2v) is 5.27. The van der Waals surface area contributed by atoms with E-state index < -0.39 is 0 Å². The predicted octanol–water partition coefficient (Wildman–Crippen LogP) is 3.16. The molecule has 2 heterocycles. The van der Waals surface area contributed by atoms with E-state index in [0.717, 1.165) is 11.4 Å².